The third-order valence-electron chi connectivity index (χ3n) is 5.30. The van der Waals surface area contributed by atoms with Gasteiger partial charge in [0.05, 0.1) is 32.4 Å². The van der Waals surface area contributed by atoms with Gasteiger partial charge in [-0.25, -0.2) is 9.69 Å². The number of Topliss-reactive ketones (excluding diaryl/α,β-unsaturated/α-hetero) is 1. The fraction of sp³-hybridized carbons (Fsp3) is 0.120. The van der Waals surface area contributed by atoms with Crippen molar-refractivity contribution in [1.29, 1.82) is 0 Å². The fourth-order valence-electron chi connectivity index (χ4n) is 3.57. The van der Waals surface area contributed by atoms with Crippen LogP contribution in [0.2, 0.25) is 10.0 Å². The first-order valence-corrected chi connectivity index (χ1v) is 10.7. The van der Waals surface area contributed by atoms with Gasteiger partial charge in [0.1, 0.15) is 0 Å². The van der Waals surface area contributed by atoms with Crippen molar-refractivity contribution in [2.24, 2.45) is 0 Å². The molecule has 0 radical (unpaired) electrons. The smallest absolute Gasteiger partial charge is 0.338 e. The normalized spacial score (nSPS) is 12.7. The summed E-state index contributed by atoms with van der Waals surface area (Å²) in [5, 5.41) is 0.313. The van der Waals surface area contributed by atoms with Crippen molar-refractivity contribution in [3.63, 3.8) is 0 Å². The minimum Gasteiger partial charge on any atom is -0.454 e. The van der Waals surface area contributed by atoms with Crippen LogP contribution in [-0.2, 0) is 4.74 Å². The number of hydrogen-bond donors (Lipinski definition) is 0. The van der Waals surface area contributed by atoms with Crippen molar-refractivity contribution in [1.82, 2.24) is 0 Å². The highest BCUT2D eigenvalue weighted by molar-refractivity contribution is 6.44. The van der Waals surface area contributed by atoms with Gasteiger partial charge in [-0.3, -0.25) is 14.4 Å². The number of carbonyl (C=O) groups is 4. The van der Waals surface area contributed by atoms with E-state index in [0.29, 0.717) is 5.56 Å². The van der Waals surface area contributed by atoms with Crippen LogP contribution >= 0.6 is 23.2 Å². The van der Waals surface area contributed by atoms with Crippen molar-refractivity contribution in [2.75, 3.05) is 11.5 Å². The lowest BCUT2D eigenvalue weighted by atomic mass is 10.0. The third kappa shape index (κ3) is 4.27. The Morgan fingerprint density at radius 1 is 0.879 bits per heavy atom. The molecule has 0 atom stereocenters. The molecule has 2 amide bonds. The number of hydrogen-bond acceptors (Lipinski definition) is 5. The van der Waals surface area contributed by atoms with Crippen LogP contribution in [0, 0.1) is 13.8 Å². The monoisotopic (exact) mass is 481 g/mol. The van der Waals surface area contributed by atoms with E-state index in [1.165, 1.54) is 36.4 Å². The Morgan fingerprint density at radius 3 is 2.15 bits per heavy atom. The molecule has 0 saturated heterocycles. The molecule has 0 bridgehead atoms. The summed E-state index contributed by atoms with van der Waals surface area (Å²) in [4.78, 5) is 51.7. The van der Waals surface area contributed by atoms with Gasteiger partial charge < -0.3 is 4.74 Å². The number of aryl methyl sites for hydroxylation is 2. The number of anilines is 1. The van der Waals surface area contributed by atoms with E-state index in [4.69, 9.17) is 27.9 Å². The summed E-state index contributed by atoms with van der Waals surface area (Å²) >= 11 is 12.0. The number of ether oxygens (including phenoxy) is 1. The van der Waals surface area contributed by atoms with Gasteiger partial charge in [0, 0.05) is 5.56 Å². The molecule has 0 N–H and O–H groups in total. The number of esters is 1. The largest absolute Gasteiger partial charge is 0.454 e. The van der Waals surface area contributed by atoms with Crippen LogP contribution in [0.15, 0.2) is 54.6 Å². The quantitative estimate of drug-likeness (QED) is 0.275. The molecule has 0 aromatic heterocycles. The molecule has 1 aliphatic heterocycles. The maximum atomic E-state index is 12.8. The van der Waals surface area contributed by atoms with Crippen molar-refractivity contribution >= 4 is 52.5 Å². The molecular formula is C25H17Cl2NO5. The minimum absolute atomic E-state index is 0.0916. The highest BCUT2D eigenvalue weighted by atomic mass is 35.5. The SMILES string of the molecule is Cc1ccc(C)c(C(=O)COC(=O)c2cccc(N3C(=O)c4cc(Cl)c(Cl)cc4C3=O)c2)c1. The van der Waals surface area contributed by atoms with E-state index >= 15 is 0 Å². The van der Waals surface area contributed by atoms with Crippen LogP contribution in [0.1, 0.15) is 52.6 Å². The molecular weight excluding hydrogens is 465 g/mol. The summed E-state index contributed by atoms with van der Waals surface area (Å²) in [6, 6.07) is 14.0. The van der Waals surface area contributed by atoms with Crippen LogP contribution in [0.4, 0.5) is 5.69 Å². The zero-order valence-electron chi connectivity index (χ0n) is 17.6. The van der Waals surface area contributed by atoms with Gasteiger partial charge >= 0.3 is 5.97 Å². The zero-order valence-corrected chi connectivity index (χ0v) is 19.2. The van der Waals surface area contributed by atoms with Crippen molar-refractivity contribution in [2.45, 2.75) is 13.8 Å². The van der Waals surface area contributed by atoms with Crippen molar-refractivity contribution in [3.8, 4) is 0 Å². The van der Waals surface area contributed by atoms with Crippen LogP contribution in [0.5, 0.6) is 0 Å². The topological polar surface area (TPSA) is 80.8 Å². The number of ketones is 1. The Morgan fingerprint density at radius 2 is 1.52 bits per heavy atom. The molecule has 6 nitrogen and oxygen atoms in total. The molecule has 166 valence electrons. The first-order chi connectivity index (χ1) is 15.7. The van der Waals surface area contributed by atoms with E-state index in [9.17, 15) is 19.2 Å². The first-order valence-electron chi connectivity index (χ1n) is 9.93. The maximum Gasteiger partial charge on any atom is 0.338 e. The zero-order chi connectivity index (χ0) is 23.9. The Labute approximate surface area is 199 Å². The molecule has 0 unspecified atom stereocenters. The van der Waals surface area contributed by atoms with E-state index in [0.717, 1.165) is 16.0 Å². The Hall–Kier alpha value is -3.48. The molecule has 0 spiro atoms. The first kappa shape index (κ1) is 22.7. The predicted octanol–water partition coefficient (Wildman–Crippen LogP) is 5.45. The van der Waals surface area contributed by atoms with E-state index in [-0.39, 0.29) is 38.2 Å². The molecule has 0 fully saturated rings. The second kappa shape index (κ2) is 8.81. The number of amides is 2. The lowest BCUT2D eigenvalue weighted by Gasteiger charge is -2.15. The summed E-state index contributed by atoms with van der Waals surface area (Å²) in [6.45, 7) is 3.24. The van der Waals surface area contributed by atoms with Crippen LogP contribution in [-0.4, -0.2) is 30.2 Å². The lowest BCUT2D eigenvalue weighted by molar-refractivity contribution is 0.0474. The second-order valence-electron chi connectivity index (χ2n) is 7.63. The Kier molecular flexibility index (Phi) is 6.06. The third-order valence-corrected chi connectivity index (χ3v) is 6.02. The summed E-state index contributed by atoms with van der Waals surface area (Å²) in [5.74, 6) is -2.23. The molecule has 0 saturated carbocycles. The maximum absolute atomic E-state index is 12.8. The van der Waals surface area contributed by atoms with Gasteiger partial charge in [-0.15, -0.1) is 0 Å². The number of carbonyl (C=O) groups excluding carboxylic acids is 4. The van der Waals surface area contributed by atoms with Gasteiger partial charge in [0.2, 0.25) is 5.78 Å². The van der Waals surface area contributed by atoms with Crippen LogP contribution in [0.25, 0.3) is 0 Å². The Balaban J connectivity index is 1.53. The van der Waals surface area contributed by atoms with Crippen molar-refractivity contribution < 1.29 is 23.9 Å². The van der Waals surface area contributed by atoms with Gasteiger partial charge in [-0.1, -0.05) is 47.0 Å². The molecule has 4 rings (SSSR count). The minimum atomic E-state index is -0.752. The molecule has 1 heterocycles. The summed E-state index contributed by atoms with van der Waals surface area (Å²) < 4.78 is 5.19. The number of imide groups is 1. The number of rotatable bonds is 5. The standard InChI is InChI=1S/C25H17Cl2NO5/c1-13-6-7-14(2)17(8-13)22(29)12-33-25(32)15-4-3-5-16(9-15)28-23(30)18-10-20(26)21(27)11-19(18)24(28)31/h3-11H,12H2,1-2H3. The lowest BCUT2D eigenvalue weighted by Crippen LogP contribution is -2.29. The van der Waals surface area contributed by atoms with Crippen LogP contribution in [0.3, 0.4) is 0 Å². The Bertz CT molecular complexity index is 1310. The van der Waals surface area contributed by atoms with Gasteiger partial charge in [0.25, 0.3) is 11.8 Å². The van der Waals surface area contributed by atoms with Crippen molar-refractivity contribution in [3.05, 3.63) is 98.0 Å². The molecule has 8 heteroatoms. The van der Waals surface area contributed by atoms with Gasteiger partial charge in [-0.2, -0.15) is 0 Å². The average Bonchev–Trinajstić information content (AvgIpc) is 3.03. The highest BCUT2D eigenvalue weighted by Gasteiger charge is 2.37. The van der Waals surface area contributed by atoms with Crippen LogP contribution < -0.4 is 4.90 Å². The van der Waals surface area contributed by atoms with E-state index in [1.807, 2.05) is 19.1 Å². The number of fused-ring (bicyclic) bond motifs is 1. The fourth-order valence-corrected chi connectivity index (χ4v) is 3.90. The highest BCUT2D eigenvalue weighted by Crippen LogP contribution is 2.34. The summed E-state index contributed by atoms with van der Waals surface area (Å²) in [7, 11) is 0. The number of nitrogens with zero attached hydrogens (tertiary/aromatic N) is 1. The van der Waals surface area contributed by atoms with Gasteiger partial charge in [0.15, 0.2) is 6.61 Å². The second-order valence-corrected chi connectivity index (χ2v) is 8.44. The molecule has 3 aromatic carbocycles. The molecule has 3 aromatic rings. The predicted molar refractivity (Wildman–Crippen MR) is 125 cm³/mol. The van der Waals surface area contributed by atoms with E-state index in [2.05, 4.69) is 0 Å². The van der Waals surface area contributed by atoms with E-state index in [1.54, 1.807) is 13.0 Å². The summed E-state index contributed by atoms with van der Waals surface area (Å²) in [5.41, 5.74) is 2.72. The average molecular weight is 482 g/mol. The molecule has 33 heavy (non-hydrogen) atoms. The van der Waals surface area contributed by atoms with E-state index < -0.39 is 24.4 Å². The molecule has 1 aliphatic rings. The summed E-state index contributed by atoms with van der Waals surface area (Å²) in [6.07, 6.45) is 0. The number of halogens is 2. The van der Waals surface area contributed by atoms with Gasteiger partial charge in [-0.05, 0) is 55.8 Å². The number of benzene rings is 3. The molecule has 0 aliphatic carbocycles.